The number of aromatic nitrogens is 4. The Labute approximate surface area is 135 Å². The Bertz CT molecular complexity index is 669. The third kappa shape index (κ3) is 3.73. The van der Waals surface area contributed by atoms with Crippen LogP contribution in [-0.2, 0) is 17.9 Å². The van der Waals surface area contributed by atoms with Crippen LogP contribution in [0.15, 0.2) is 24.7 Å². The maximum Gasteiger partial charge on any atom is 0.241 e. The van der Waals surface area contributed by atoms with Gasteiger partial charge in [-0.3, -0.25) is 14.4 Å². The summed E-state index contributed by atoms with van der Waals surface area (Å²) < 4.78 is 1.60. The molecule has 1 aliphatic rings. The highest BCUT2D eigenvalue weighted by Crippen LogP contribution is 2.30. The highest BCUT2D eigenvalue weighted by molar-refractivity contribution is 5.75. The van der Waals surface area contributed by atoms with Crippen LogP contribution in [0.1, 0.15) is 36.0 Å². The number of amides is 1. The topological polar surface area (TPSA) is 75.9 Å². The summed E-state index contributed by atoms with van der Waals surface area (Å²) in [7, 11) is 2.12. The standard InChI is InChI=1S/C16H22N6O/c1-12-17-9-13(16(20-12)14-5-3-7-21(14)2)10-18-15(23)11-22-8-4-6-19-22/h4,6,8-9,14H,3,5,7,10-11H2,1-2H3,(H,18,23)/t14-/m0/s1. The quantitative estimate of drug-likeness (QED) is 0.893. The molecular formula is C16H22N6O. The Balaban J connectivity index is 1.68. The molecule has 0 bridgehead atoms. The Morgan fingerprint density at radius 1 is 1.48 bits per heavy atom. The lowest BCUT2D eigenvalue weighted by atomic mass is 10.1. The van der Waals surface area contributed by atoms with Crippen molar-refractivity contribution in [2.75, 3.05) is 13.6 Å². The van der Waals surface area contributed by atoms with Crippen LogP contribution < -0.4 is 5.32 Å². The fraction of sp³-hybridized carbons (Fsp3) is 0.500. The summed E-state index contributed by atoms with van der Waals surface area (Å²) in [5.41, 5.74) is 2.03. The molecule has 1 aliphatic heterocycles. The van der Waals surface area contributed by atoms with E-state index in [1.165, 1.54) is 6.42 Å². The van der Waals surface area contributed by atoms with E-state index in [1.807, 2.05) is 13.1 Å². The summed E-state index contributed by atoms with van der Waals surface area (Å²) in [4.78, 5) is 23.3. The summed E-state index contributed by atoms with van der Waals surface area (Å²) >= 11 is 0. The van der Waals surface area contributed by atoms with Gasteiger partial charge in [0.1, 0.15) is 12.4 Å². The first kappa shape index (κ1) is 15.6. The van der Waals surface area contributed by atoms with Gasteiger partial charge in [0.2, 0.25) is 5.91 Å². The summed E-state index contributed by atoms with van der Waals surface area (Å²) in [6, 6.07) is 2.12. The number of rotatable bonds is 5. The second-order valence-electron chi connectivity index (χ2n) is 5.95. The lowest BCUT2D eigenvalue weighted by molar-refractivity contribution is -0.122. The predicted molar refractivity (Wildman–Crippen MR) is 85.4 cm³/mol. The Morgan fingerprint density at radius 3 is 3.04 bits per heavy atom. The molecule has 0 unspecified atom stereocenters. The molecular weight excluding hydrogens is 292 g/mol. The van der Waals surface area contributed by atoms with Gasteiger partial charge in [0.25, 0.3) is 0 Å². The molecule has 1 saturated heterocycles. The van der Waals surface area contributed by atoms with Crippen molar-refractivity contribution < 1.29 is 4.79 Å². The molecule has 0 aliphatic carbocycles. The van der Waals surface area contributed by atoms with Crippen molar-refractivity contribution in [2.24, 2.45) is 0 Å². The number of hydrogen-bond acceptors (Lipinski definition) is 5. The summed E-state index contributed by atoms with van der Waals surface area (Å²) in [6.07, 6.45) is 7.54. The molecule has 0 saturated carbocycles. The predicted octanol–water partition coefficient (Wildman–Crippen LogP) is 1.06. The zero-order chi connectivity index (χ0) is 16.2. The Hall–Kier alpha value is -2.28. The number of carbonyl (C=O) groups is 1. The number of nitrogens with one attached hydrogen (secondary N) is 1. The van der Waals surface area contributed by atoms with E-state index in [-0.39, 0.29) is 12.5 Å². The van der Waals surface area contributed by atoms with Gasteiger partial charge in [-0.05, 0) is 39.4 Å². The molecule has 122 valence electrons. The molecule has 3 rings (SSSR count). The maximum atomic E-state index is 12.0. The second kappa shape index (κ2) is 6.87. The van der Waals surface area contributed by atoms with Crippen LogP contribution in [0, 0.1) is 6.92 Å². The fourth-order valence-electron chi connectivity index (χ4n) is 2.98. The van der Waals surface area contributed by atoms with Gasteiger partial charge in [0, 0.05) is 30.7 Å². The van der Waals surface area contributed by atoms with Crippen LogP contribution in [0.5, 0.6) is 0 Å². The minimum atomic E-state index is -0.0694. The van der Waals surface area contributed by atoms with E-state index in [9.17, 15) is 4.79 Å². The number of likely N-dealkylation sites (tertiary alicyclic amines) is 1. The van der Waals surface area contributed by atoms with E-state index >= 15 is 0 Å². The molecule has 3 heterocycles. The van der Waals surface area contributed by atoms with Crippen molar-refractivity contribution in [1.29, 1.82) is 0 Å². The zero-order valence-electron chi connectivity index (χ0n) is 13.6. The number of hydrogen-bond donors (Lipinski definition) is 1. The first-order chi connectivity index (χ1) is 11.1. The van der Waals surface area contributed by atoms with Gasteiger partial charge in [-0.1, -0.05) is 0 Å². The molecule has 23 heavy (non-hydrogen) atoms. The van der Waals surface area contributed by atoms with Gasteiger partial charge in [0.15, 0.2) is 0 Å². The van der Waals surface area contributed by atoms with Crippen LogP contribution in [0.2, 0.25) is 0 Å². The van der Waals surface area contributed by atoms with Gasteiger partial charge in [-0.25, -0.2) is 9.97 Å². The number of carbonyl (C=O) groups excluding carboxylic acids is 1. The average Bonchev–Trinajstić information content (AvgIpc) is 3.17. The van der Waals surface area contributed by atoms with E-state index in [1.54, 1.807) is 23.1 Å². The summed E-state index contributed by atoms with van der Waals surface area (Å²) in [5.74, 6) is 0.701. The Kier molecular flexibility index (Phi) is 4.66. The zero-order valence-corrected chi connectivity index (χ0v) is 13.6. The second-order valence-corrected chi connectivity index (χ2v) is 5.95. The molecule has 2 aromatic heterocycles. The Morgan fingerprint density at radius 2 is 2.35 bits per heavy atom. The molecule has 1 fully saturated rings. The van der Waals surface area contributed by atoms with E-state index in [0.29, 0.717) is 12.6 Å². The van der Waals surface area contributed by atoms with Crippen LogP contribution >= 0.6 is 0 Å². The van der Waals surface area contributed by atoms with Gasteiger partial charge in [-0.2, -0.15) is 5.10 Å². The van der Waals surface area contributed by atoms with Crippen molar-refractivity contribution in [2.45, 2.75) is 38.9 Å². The summed E-state index contributed by atoms with van der Waals surface area (Å²) in [5, 5.41) is 6.97. The van der Waals surface area contributed by atoms with E-state index in [0.717, 1.165) is 30.0 Å². The van der Waals surface area contributed by atoms with Gasteiger partial charge in [-0.15, -0.1) is 0 Å². The molecule has 1 N–H and O–H groups in total. The molecule has 1 atom stereocenters. The van der Waals surface area contributed by atoms with Crippen molar-refractivity contribution in [1.82, 2.24) is 30.0 Å². The molecule has 7 nitrogen and oxygen atoms in total. The van der Waals surface area contributed by atoms with Gasteiger partial charge in [0.05, 0.1) is 11.7 Å². The minimum absolute atomic E-state index is 0.0694. The summed E-state index contributed by atoms with van der Waals surface area (Å²) in [6.45, 7) is 3.65. The largest absolute Gasteiger partial charge is 0.350 e. The highest BCUT2D eigenvalue weighted by atomic mass is 16.2. The molecule has 0 radical (unpaired) electrons. The minimum Gasteiger partial charge on any atom is -0.350 e. The third-order valence-electron chi connectivity index (χ3n) is 4.20. The van der Waals surface area contributed by atoms with Crippen LogP contribution in [0.3, 0.4) is 0 Å². The van der Waals surface area contributed by atoms with Crippen LogP contribution in [0.25, 0.3) is 0 Å². The molecule has 1 amide bonds. The van der Waals surface area contributed by atoms with Crippen LogP contribution in [0.4, 0.5) is 0 Å². The molecule has 2 aromatic rings. The van der Waals surface area contributed by atoms with E-state index in [2.05, 4.69) is 32.3 Å². The van der Waals surface area contributed by atoms with E-state index < -0.39 is 0 Å². The van der Waals surface area contributed by atoms with Crippen molar-refractivity contribution in [3.63, 3.8) is 0 Å². The molecule has 0 aromatic carbocycles. The first-order valence-electron chi connectivity index (χ1n) is 7.90. The third-order valence-corrected chi connectivity index (χ3v) is 4.20. The molecule has 0 spiro atoms. The van der Waals surface area contributed by atoms with Crippen LogP contribution in [-0.4, -0.2) is 44.1 Å². The monoisotopic (exact) mass is 314 g/mol. The van der Waals surface area contributed by atoms with Crippen molar-refractivity contribution >= 4 is 5.91 Å². The van der Waals surface area contributed by atoms with Gasteiger partial charge >= 0.3 is 0 Å². The average molecular weight is 314 g/mol. The lowest BCUT2D eigenvalue weighted by Gasteiger charge is -2.21. The van der Waals surface area contributed by atoms with Gasteiger partial charge < -0.3 is 5.32 Å². The number of nitrogens with zero attached hydrogens (tertiary/aromatic N) is 5. The normalized spacial score (nSPS) is 18.3. The van der Waals surface area contributed by atoms with Crippen molar-refractivity contribution in [3.8, 4) is 0 Å². The maximum absolute atomic E-state index is 12.0. The highest BCUT2D eigenvalue weighted by Gasteiger charge is 2.26. The SMILES string of the molecule is Cc1ncc(CNC(=O)Cn2cccn2)c([C@@H]2CCCN2C)n1. The lowest BCUT2D eigenvalue weighted by Crippen LogP contribution is -2.29. The first-order valence-corrected chi connectivity index (χ1v) is 7.90. The fourth-order valence-corrected chi connectivity index (χ4v) is 2.98. The number of aryl methyl sites for hydroxylation is 1. The van der Waals surface area contributed by atoms with E-state index in [4.69, 9.17) is 0 Å². The molecule has 7 heteroatoms. The van der Waals surface area contributed by atoms with Crippen molar-refractivity contribution in [3.05, 3.63) is 41.7 Å². The smallest absolute Gasteiger partial charge is 0.241 e.